The van der Waals surface area contributed by atoms with Gasteiger partial charge in [-0.3, -0.25) is 0 Å². The van der Waals surface area contributed by atoms with E-state index in [1.807, 2.05) is 12.1 Å². The first-order valence-corrected chi connectivity index (χ1v) is 10.1. The molecule has 3 aromatic carbocycles. The summed E-state index contributed by atoms with van der Waals surface area (Å²) in [5.41, 5.74) is 5.85. The fourth-order valence-electron chi connectivity index (χ4n) is 2.76. The summed E-state index contributed by atoms with van der Waals surface area (Å²) in [6.45, 7) is 0. The zero-order valence-electron chi connectivity index (χ0n) is 13.5. The third-order valence-electron chi connectivity index (χ3n) is 4.07. The van der Waals surface area contributed by atoms with E-state index in [9.17, 15) is 0 Å². The lowest BCUT2D eigenvalue weighted by atomic mass is 10.1. The van der Waals surface area contributed by atoms with Crippen molar-refractivity contribution in [3.05, 3.63) is 90.5 Å². The minimum Gasteiger partial charge on any atom is -0.235 e. The number of benzene rings is 3. The molecule has 0 aliphatic carbocycles. The summed E-state index contributed by atoms with van der Waals surface area (Å²) < 4.78 is 0. The van der Waals surface area contributed by atoms with Crippen LogP contribution in [0.25, 0.3) is 32.3 Å². The highest BCUT2D eigenvalue weighted by Crippen LogP contribution is 2.40. The number of thiazole rings is 1. The molecule has 122 valence electrons. The van der Waals surface area contributed by atoms with Crippen LogP contribution in [0.1, 0.15) is 5.56 Å². The lowest BCUT2D eigenvalue weighted by Crippen LogP contribution is -1.82. The average molecular weight is 406 g/mol. The zero-order chi connectivity index (χ0) is 17.1. The van der Waals surface area contributed by atoms with Gasteiger partial charge in [-0.15, -0.1) is 11.3 Å². The van der Waals surface area contributed by atoms with Crippen molar-refractivity contribution in [3.8, 4) is 32.3 Å². The van der Waals surface area contributed by atoms with Crippen LogP contribution < -0.4 is 0 Å². The fraction of sp³-hybridized carbons (Fsp3) is 0.0455. The maximum absolute atomic E-state index is 4.99. The Kier molecular flexibility index (Phi) is 4.77. The van der Waals surface area contributed by atoms with Crippen LogP contribution in [0.5, 0.6) is 0 Å². The van der Waals surface area contributed by atoms with Crippen molar-refractivity contribution in [1.82, 2.24) is 4.98 Å². The second kappa shape index (κ2) is 7.34. The zero-order valence-corrected chi connectivity index (χ0v) is 15.9. The Morgan fingerprint density at radius 2 is 1.28 bits per heavy atom. The highest BCUT2D eigenvalue weighted by molar-refractivity contribution is 9.08. The molecule has 25 heavy (non-hydrogen) atoms. The number of nitrogens with zero attached hydrogens (tertiary/aromatic N) is 1. The van der Waals surface area contributed by atoms with Crippen LogP contribution in [0, 0.1) is 0 Å². The molecule has 4 rings (SSSR count). The maximum Gasteiger partial charge on any atom is 0.124 e. The van der Waals surface area contributed by atoms with Crippen LogP contribution in [-0.4, -0.2) is 4.98 Å². The molecule has 0 amide bonds. The van der Waals surface area contributed by atoms with Gasteiger partial charge >= 0.3 is 0 Å². The van der Waals surface area contributed by atoms with E-state index in [0.717, 1.165) is 27.2 Å². The smallest absolute Gasteiger partial charge is 0.124 e. The predicted octanol–water partition coefficient (Wildman–Crippen LogP) is 7.04. The van der Waals surface area contributed by atoms with Crippen LogP contribution in [0.4, 0.5) is 0 Å². The van der Waals surface area contributed by atoms with Gasteiger partial charge in [-0.25, -0.2) is 4.98 Å². The second-order valence-electron chi connectivity index (χ2n) is 5.76. The summed E-state index contributed by atoms with van der Waals surface area (Å²) in [4.78, 5) is 6.20. The van der Waals surface area contributed by atoms with Gasteiger partial charge in [0.2, 0.25) is 0 Å². The van der Waals surface area contributed by atoms with Gasteiger partial charge in [-0.05, 0) is 11.1 Å². The summed E-state index contributed by atoms with van der Waals surface area (Å²) >= 11 is 5.25. The Labute approximate surface area is 160 Å². The monoisotopic (exact) mass is 405 g/mol. The van der Waals surface area contributed by atoms with E-state index in [1.54, 1.807) is 11.3 Å². The van der Waals surface area contributed by atoms with Crippen molar-refractivity contribution < 1.29 is 0 Å². The van der Waals surface area contributed by atoms with E-state index in [1.165, 1.54) is 16.0 Å². The lowest BCUT2D eigenvalue weighted by Gasteiger charge is -2.02. The summed E-state index contributed by atoms with van der Waals surface area (Å²) in [6.07, 6.45) is 0. The number of hydrogen-bond acceptors (Lipinski definition) is 2. The predicted molar refractivity (Wildman–Crippen MR) is 111 cm³/mol. The molecule has 0 saturated heterocycles. The van der Waals surface area contributed by atoms with Gasteiger partial charge in [0, 0.05) is 16.5 Å². The van der Waals surface area contributed by atoms with Crippen molar-refractivity contribution >= 4 is 27.3 Å². The molecule has 0 saturated carbocycles. The molecule has 0 N–H and O–H groups in total. The van der Waals surface area contributed by atoms with Crippen molar-refractivity contribution in [3.63, 3.8) is 0 Å². The first-order valence-electron chi connectivity index (χ1n) is 8.12. The fourth-order valence-corrected chi connectivity index (χ4v) is 4.23. The molecule has 0 unspecified atom stereocenters. The van der Waals surface area contributed by atoms with E-state index in [4.69, 9.17) is 4.98 Å². The first kappa shape index (κ1) is 16.2. The number of alkyl halides is 1. The molecule has 3 heteroatoms. The van der Waals surface area contributed by atoms with Crippen LogP contribution in [0.2, 0.25) is 0 Å². The van der Waals surface area contributed by atoms with E-state index in [-0.39, 0.29) is 0 Å². The normalized spacial score (nSPS) is 10.8. The van der Waals surface area contributed by atoms with Gasteiger partial charge < -0.3 is 0 Å². The van der Waals surface area contributed by atoms with Crippen molar-refractivity contribution in [2.45, 2.75) is 5.33 Å². The van der Waals surface area contributed by atoms with Crippen molar-refractivity contribution in [2.24, 2.45) is 0 Å². The highest BCUT2D eigenvalue weighted by atomic mass is 79.9. The molecule has 1 heterocycles. The number of hydrogen-bond donors (Lipinski definition) is 0. The molecule has 0 aliphatic rings. The topological polar surface area (TPSA) is 12.9 Å². The minimum absolute atomic E-state index is 0.871. The average Bonchev–Trinajstić information content (AvgIpc) is 3.15. The van der Waals surface area contributed by atoms with Crippen LogP contribution in [0.3, 0.4) is 0 Å². The van der Waals surface area contributed by atoms with Crippen molar-refractivity contribution in [2.75, 3.05) is 0 Å². The van der Waals surface area contributed by atoms with Gasteiger partial charge in [0.25, 0.3) is 0 Å². The van der Waals surface area contributed by atoms with E-state index in [0.29, 0.717) is 0 Å². The number of halogens is 1. The number of aromatic nitrogens is 1. The maximum atomic E-state index is 4.99. The van der Waals surface area contributed by atoms with Crippen LogP contribution in [-0.2, 0) is 5.33 Å². The summed E-state index contributed by atoms with van der Waals surface area (Å²) in [5, 5.41) is 1.93. The molecular weight excluding hydrogens is 390 g/mol. The first-order chi connectivity index (χ1) is 12.3. The SMILES string of the molecule is BrCc1ccc(-c2nc(-c3ccccc3)c(-c3ccccc3)s2)cc1. The van der Waals surface area contributed by atoms with Gasteiger partial charge in [0.15, 0.2) is 0 Å². The molecule has 1 aromatic heterocycles. The third kappa shape index (κ3) is 3.44. The van der Waals surface area contributed by atoms with Crippen LogP contribution in [0.15, 0.2) is 84.9 Å². The van der Waals surface area contributed by atoms with E-state index in [2.05, 4.69) is 88.7 Å². The van der Waals surface area contributed by atoms with E-state index >= 15 is 0 Å². The Morgan fingerprint density at radius 3 is 1.88 bits per heavy atom. The minimum atomic E-state index is 0.871. The molecular formula is C22H16BrNS. The summed E-state index contributed by atoms with van der Waals surface area (Å²) in [7, 11) is 0. The van der Waals surface area contributed by atoms with Gasteiger partial charge in [0.05, 0.1) is 10.6 Å². The molecule has 0 atom stereocenters. The molecule has 0 spiro atoms. The molecule has 0 aliphatic heterocycles. The standard InChI is InChI=1S/C22H16BrNS/c23-15-16-11-13-19(14-12-16)22-24-20(17-7-3-1-4-8-17)21(25-22)18-9-5-2-6-10-18/h1-14H,15H2. The Bertz CT molecular complexity index is 903. The van der Waals surface area contributed by atoms with Gasteiger partial charge in [-0.1, -0.05) is 101 Å². The number of rotatable bonds is 4. The van der Waals surface area contributed by atoms with Crippen molar-refractivity contribution in [1.29, 1.82) is 0 Å². The summed E-state index contributed by atoms with van der Waals surface area (Å²) in [6, 6.07) is 29.5. The van der Waals surface area contributed by atoms with Gasteiger partial charge in [-0.2, -0.15) is 0 Å². The molecule has 0 fully saturated rings. The second-order valence-corrected chi connectivity index (χ2v) is 7.32. The Hall–Kier alpha value is -2.23. The quantitative estimate of drug-likeness (QED) is 0.331. The summed E-state index contributed by atoms with van der Waals surface area (Å²) in [5.74, 6) is 0. The van der Waals surface area contributed by atoms with Gasteiger partial charge in [0.1, 0.15) is 5.01 Å². The highest BCUT2D eigenvalue weighted by Gasteiger charge is 2.15. The van der Waals surface area contributed by atoms with Crippen LogP contribution >= 0.6 is 27.3 Å². The molecule has 0 bridgehead atoms. The Balaban J connectivity index is 1.86. The molecule has 0 radical (unpaired) electrons. The Morgan fingerprint density at radius 1 is 0.680 bits per heavy atom. The lowest BCUT2D eigenvalue weighted by molar-refractivity contribution is 1.38. The molecule has 1 nitrogen and oxygen atoms in total. The van der Waals surface area contributed by atoms with E-state index < -0.39 is 0 Å². The largest absolute Gasteiger partial charge is 0.235 e. The molecule has 4 aromatic rings. The third-order valence-corrected chi connectivity index (χ3v) is 5.87.